The highest BCUT2D eigenvalue weighted by atomic mass is 32.2. The largest absolute Gasteiger partial charge is 0.347 e. The van der Waals surface area contributed by atoms with Gasteiger partial charge in [-0.2, -0.15) is 0 Å². The molecule has 2 N–H and O–H groups in total. The number of hydrogen-bond acceptors (Lipinski definition) is 3. The summed E-state index contributed by atoms with van der Waals surface area (Å²) in [5, 5.41) is 1.01. The van der Waals surface area contributed by atoms with Crippen LogP contribution in [0.3, 0.4) is 0 Å². The molecule has 0 saturated carbocycles. The van der Waals surface area contributed by atoms with Crippen molar-refractivity contribution in [2.45, 2.75) is 32.7 Å². The van der Waals surface area contributed by atoms with E-state index in [9.17, 15) is 8.42 Å². The Balaban J connectivity index is 2.57. The summed E-state index contributed by atoms with van der Waals surface area (Å²) in [7, 11) is -3.01. The van der Waals surface area contributed by atoms with Crippen LogP contribution in [0, 0.1) is 0 Å². The minimum atomic E-state index is -3.01. The Morgan fingerprint density at radius 1 is 1.26 bits per heavy atom. The molecule has 0 saturated heterocycles. The van der Waals surface area contributed by atoms with Crippen LogP contribution < -0.4 is 5.73 Å². The van der Waals surface area contributed by atoms with Gasteiger partial charge in [-0.3, -0.25) is 0 Å². The molecule has 5 heteroatoms. The van der Waals surface area contributed by atoms with E-state index in [1.165, 1.54) is 0 Å². The SMILES string of the molecule is CCn1cc(CS(=O)(=O)CC)c2ccc(CN)cc21. The van der Waals surface area contributed by atoms with Crippen molar-refractivity contribution in [1.29, 1.82) is 0 Å². The first-order valence-electron chi connectivity index (χ1n) is 6.51. The minimum Gasteiger partial charge on any atom is -0.347 e. The first kappa shape index (κ1) is 14.1. The lowest BCUT2D eigenvalue weighted by Crippen LogP contribution is -2.06. The van der Waals surface area contributed by atoms with Crippen LogP contribution in [0.2, 0.25) is 0 Å². The van der Waals surface area contributed by atoms with Crippen molar-refractivity contribution in [2.24, 2.45) is 5.73 Å². The molecule has 1 aromatic carbocycles. The van der Waals surface area contributed by atoms with Crippen LogP contribution in [-0.4, -0.2) is 18.7 Å². The van der Waals surface area contributed by atoms with E-state index in [0.717, 1.165) is 28.6 Å². The highest BCUT2D eigenvalue weighted by Gasteiger charge is 2.15. The van der Waals surface area contributed by atoms with Gasteiger partial charge in [0.15, 0.2) is 9.84 Å². The Kier molecular flexibility index (Phi) is 3.96. The predicted molar refractivity (Wildman–Crippen MR) is 78.7 cm³/mol. The van der Waals surface area contributed by atoms with Gasteiger partial charge in [-0.05, 0) is 24.1 Å². The van der Waals surface area contributed by atoms with Crippen LogP contribution in [0.1, 0.15) is 25.0 Å². The summed E-state index contributed by atoms with van der Waals surface area (Å²) in [6.07, 6.45) is 1.94. The maximum Gasteiger partial charge on any atom is 0.154 e. The van der Waals surface area contributed by atoms with Gasteiger partial charge in [0.05, 0.1) is 5.75 Å². The second-order valence-corrected chi connectivity index (χ2v) is 7.03. The van der Waals surface area contributed by atoms with Crippen molar-refractivity contribution in [3.8, 4) is 0 Å². The van der Waals surface area contributed by atoms with Crippen molar-refractivity contribution in [2.75, 3.05) is 5.75 Å². The highest BCUT2D eigenvalue weighted by Crippen LogP contribution is 2.24. The lowest BCUT2D eigenvalue weighted by Gasteiger charge is -2.02. The number of sulfone groups is 1. The lowest BCUT2D eigenvalue weighted by atomic mass is 10.1. The van der Waals surface area contributed by atoms with Crippen LogP contribution in [-0.2, 0) is 28.7 Å². The Labute approximate surface area is 114 Å². The smallest absolute Gasteiger partial charge is 0.154 e. The molecule has 2 rings (SSSR count). The van der Waals surface area contributed by atoms with E-state index < -0.39 is 9.84 Å². The summed E-state index contributed by atoms with van der Waals surface area (Å²) in [5.74, 6) is 0.279. The average molecular weight is 280 g/mol. The van der Waals surface area contributed by atoms with Crippen LogP contribution in [0.25, 0.3) is 10.9 Å². The summed E-state index contributed by atoms with van der Waals surface area (Å²) in [4.78, 5) is 0. The fourth-order valence-corrected chi connectivity index (χ4v) is 3.16. The number of nitrogens with zero attached hydrogens (tertiary/aromatic N) is 1. The molecular weight excluding hydrogens is 260 g/mol. The Morgan fingerprint density at radius 2 is 2.00 bits per heavy atom. The molecule has 1 heterocycles. The molecule has 0 amide bonds. The molecule has 0 atom stereocenters. The number of fused-ring (bicyclic) bond motifs is 1. The van der Waals surface area contributed by atoms with Crippen molar-refractivity contribution >= 4 is 20.7 Å². The summed E-state index contributed by atoms with van der Waals surface area (Å²) in [6, 6.07) is 5.98. The van der Waals surface area contributed by atoms with E-state index in [0.29, 0.717) is 6.54 Å². The van der Waals surface area contributed by atoms with Crippen LogP contribution >= 0.6 is 0 Å². The van der Waals surface area contributed by atoms with Gasteiger partial charge in [-0.15, -0.1) is 0 Å². The molecule has 0 spiro atoms. The van der Waals surface area contributed by atoms with Gasteiger partial charge in [0.25, 0.3) is 0 Å². The van der Waals surface area contributed by atoms with Crippen molar-refractivity contribution in [3.63, 3.8) is 0 Å². The number of hydrogen-bond donors (Lipinski definition) is 1. The van der Waals surface area contributed by atoms with E-state index in [1.807, 2.05) is 31.3 Å². The first-order valence-corrected chi connectivity index (χ1v) is 8.34. The van der Waals surface area contributed by atoms with E-state index in [4.69, 9.17) is 5.73 Å². The minimum absolute atomic E-state index is 0.106. The molecule has 0 unspecified atom stereocenters. The molecule has 19 heavy (non-hydrogen) atoms. The second-order valence-electron chi connectivity index (χ2n) is 4.67. The summed E-state index contributed by atoms with van der Waals surface area (Å²) in [6.45, 7) is 5.04. The number of aryl methyl sites for hydroxylation is 1. The third kappa shape index (κ3) is 2.82. The zero-order valence-electron chi connectivity index (χ0n) is 11.4. The van der Waals surface area contributed by atoms with Gasteiger partial charge >= 0.3 is 0 Å². The number of nitrogens with two attached hydrogens (primary N) is 1. The number of benzene rings is 1. The molecule has 2 aromatic rings. The van der Waals surface area contributed by atoms with E-state index in [2.05, 4.69) is 4.57 Å². The average Bonchev–Trinajstić information content (AvgIpc) is 2.75. The maximum atomic E-state index is 11.8. The first-order chi connectivity index (χ1) is 9.00. The van der Waals surface area contributed by atoms with Gasteiger partial charge < -0.3 is 10.3 Å². The number of aromatic nitrogens is 1. The lowest BCUT2D eigenvalue weighted by molar-refractivity contribution is 0.596. The normalized spacial score (nSPS) is 12.2. The fraction of sp³-hybridized carbons (Fsp3) is 0.429. The number of rotatable bonds is 5. The van der Waals surface area contributed by atoms with Gasteiger partial charge in [0.1, 0.15) is 0 Å². The van der Waals surface area contributed by atoms with Crippen LogP contribution in [0.4, 0.5) is 0 Å². The van der Waals surface area contributed by atoms with Crippen molar-refractivity contribution in [3.05, 3.63) is 35.5 Å². The van der Waals surface area contributed by atoms with Gasteiger partial charge in [-0.1, -0.05) is 19.1 Å². The molecule has 0 aliphatic heterocycles. The van der Waals surface area contributed by atoms with Gasteiger partial charge in [0, 0.05) is 35.9 Å². The topological polar surface area (TPSA) is 65.1 Å². The van der Waals surface area contributed by atoms with E-state index in [1.54, 1.807) is 6.92 Å². The zero-order chi connectivity index (χ0) is 14.0. The monoisotopic (exact) mass is 280 g/mol. The Morgan fingerprint density at radius 3 is 2.58 bits per heavy atom. The molecule has 0 fully saturated rings. The third-order valence-electron chi connectivity index (χ3n) is 3.42. The van der Waals surface area contributed by atoms with Gasteiger partial charge in [-0.25, -0.2) is 8.42 Å². The molecule has 0 aliphatic carbocycles. The molecule has 104 valence electrons. The summed E-state index contributed by atoms with van der Waals surface area (Å²) >= 11 is 0. The van der Waals surface area contributed by atoms with E-state index in [-0.39, 0.29) is 11.5 Å². The second kappa shape index (κ2) is 5.35. The predicted octanol–water partition coefficient (Wildman–Crippen LogP) is 2.05. The zero-order valence-corrected chi connectivity index (χ0v) is 12.2. The quantitative estimate of drug-likeness (QED) is 0.911. The molecule has 0 aliphatic rings. The molecular formula is C14H20N2O2S. The third-order valence-corrected chi connectivity index (χ3v) is 5.05. The molecule has 0 radical (unpaired) electrons. The van der Waals surface area contributed by atoms with Crippen molar-refractivity contribution < 1.29 is 8.42 Å². The fourth-order valence-electron chi connectivity index (χ4n) is 2.26. The van der Waals surface area contributed by atoms with Crippen LogP contribution in [0.15, 0.2) is 24.4 Å². The van der Waals surface area contributed by atoms with Gasteiger partial charge in [0.2, 0.25) is 0 Å². The molecule has 0 bridgehead atoms. The molecule has 4 nitrogen and oxygen atoms in total. The Hall–Kier alpha value is -1.33. The van der Waals surface area contributed by atoms with Crippen LogP contribution in [0.5, 0.6) is 0 Å². The van der Waals surface area contributed by atoms with Crippen molar-refractivity contribution in [1.82, 2.24) is 4.57 Å². The maximum absolute atomic E-state index is 11.8. The summed E-state index contributed by atoms with van der Waals surface area (Å²) < 4.78 is 25.7. The summed E-state index contributed by atoms with van der Waals surface area (Å²) in [5.41, 5.74) is 8.66. The highest BCUT2D eigenvalue weighted by molar-refractivity contribution is 7.90. The standard InChI is InChI=1S/C14H20N2O2S/c1-3-16-9-12(10-19(17,18)4-2)13-6-5-11(8-15)7-14(13)16/h5-7,9H,3-4,8,10,15H2,1-2H3. The molecule has 1 aromatic heterocycles. The van der Waals surface area contributed by atoms with E-state index >= 15 is 0 Å². The Bertz CT molecular complexity index is 687.